The van der Waals surface area contributed by atoms with Crippen LogP contribution < -0.4 is 0 Å². The third-order valence-electron chi connectivity index (χ3n) is 6.89. The highest BCUT2D eigenvalue weighted by Crippen LogP contribution is 2.46. The second-order valence-corrected chi connectivity index (χ2v) is 8.90. The summed E-state index contributed by atoms with van der Waals surface area (Å²) in [7, 11) is 0. The van der Waals surface area contributed by atoms with Gasteiger partial charge in [-0.3, -0.25) is 0 Å². The van der Waals surface area contributed by atoms with Gasteiger partial charge in [0.15, 0.2) is 0 Å². The van der Waals surface area contributed by atoms with E-state index in [-0.39, 0.29) is 11.5 Å². The van der Waals surface area contributed by atoms with E-state index in [0.717, 1.165) is 61.8 Å². The number of aryl methyl sites for hydroxylation is 1. The molecule has 4 unspecified atom stereocenters. The summed E-state index contributed by atoms with van der Waals surface area (Å²) in [6, 6.07) is 10.6. The molecule has 2 aromatic carbocycles. The lowest BCUT2D eigenvalue weighted by atomic mass is 9.65. The van der Waals surface area contributed by atoms with Crippen molar-refractivity contribution < 1.29 is 13.5 Å². The first-order valence-corrected chi connectivity index (χ1v) is 11.2. The van der Waals surface area contributed by atoms with Crippen LogP contribution in [-0.4, -0.2) is 12.7 Å². The molecule has 0 aliphatic heterocycles. The zero-order chi connectivity index (χ0) is 21.1. The SMILES string of the molecule is CCOC1CCC2CC(c3cc(F)c(C#Cc4ccc(C)cc4)c(F)c3)CCC2C1. The first-order chi connectivity index (χ1) is 14.5. The second kappa shape index (κ2) is 9.31. The average Bonchev–Trinajstić information content (AvgIpc) is 2.74. The van der Waals surface area contributed by atoms with Crippen molar-refractivity contribution in [2.24, 2.45) is 11.8 Å². The van der Waals surface area contributed by atoms with Gasteiger partial charge in [0, 0.05) is 12.2 Å². The molecule has 1 nitrogen and oxygen atoms in total. The van der Waals surface area contributed by atoms with E-state index >= 15 is 0 Å². The van der Waals surface area contributed by atoms with Gasteiger partial charge in [-0.1, -0.05) is 29.5 Å². The van der Waals surface area contributed by atoms with Gasteiger partial charge in [-0.15, -0.1) is 0 Å². The minimum absolute atomic E-state index is 0.134. The van der Waals surface area contributed by atoms with Gasteiger partial charge in [0.2, 0.25) is 0 Å². The number of benzene rings is 2. The van der Waals surface area contributed by atoms with Gasteiger partial charge < -0.3 is 4.74 Å². The van der Waals surface area contributed by atoms with Crippen molar-refractivity contribution in [2.75, 3.05) is 6.61 Å². The summed E-state index contributed by atoms with van der Waals surface area (Å²) >= 11 is 0. The smallest absolute Gasteiger partial charge is 0.142 e. The zero-order valence-electron chi connectivity index (χ0n) is 17.9. The van der Waals surface area contributed by atoms with Gasteiger partial charge in [-0.05, 0) is 100.0 Å². The van der Waals surface area contributed by atoms with Crippen LogP contribution in [0.25, 0.3) is 0 Å². The van der Waals surface area contributed by atoms with E-state index in [2.05, 4.69) is 18.8 Å². The molecular formula is C27H30F2O. The molecule has 2 aliphatic rings. The Balaban J connectivity index is 1.47. The monoisotopic (exact) mass is 408 g/mol. The number of hydrogen-bond acceptors (Lipinski definition) is 1. The lowest BCUT2D eigenvalue weighted by molar-refractivity contribution is -0.00957. The number of ether oxygens (including phenoxy) is 1. The predicted octanol–water partition coefficient (Wildman–Crippen LogP) is 6.76. The van der Waals surface area contributed by atoms with Gasteiger partial charge in [0.1, 0.15) is 11.6 Å². The van der Waals surface area contributed by atoms with Gasteiger partial charge in [0.25, 0.3) is 0 Å². The molecule has 0 aromatic heterocycles. The molecular weight excluding hydrogens is 378 g/mol. The van der Waals surface area contributed by atoms with E-state index in [9.17, 15) is 8.78 Å². The van der Waals surface area contributed by atoms with Crippen LogP contribution in [0, 0.1) is 42.2 Å². The fourth-order valence-electron chi connectivity index (χ4n) is 5.26. The lowest BCUT2D eigenvalue weighted by Gasteiger charge is -2.42. The van der Waals surface area contributed by atoms with Crippen LogP contribution in [0.15, 0.2) is 36.4 Å². The maximum absolute atomic E-state index is 14.7. The van der Waals surface area contributed by atoms with Gasteiger partial charge >= 0.3 is 0 Å². The summed E-state index contributed by atoms with van der Waals surface area (Å²) in [6.07, 6.45) is 6.95. The van der Waals surface area contributed by atoms with Crippen LogP contribution in [0.2, 0.25) is 0 Å². The Kier molecular flexibility index (Phi) is 6.54. The van der Waals surface area contributed by atoms with Crippen molar-refractivity contribution in [1.82, 2.24) is 0 Å². The molecule has 0 spiro atoms. The lowest BCUT2D eigenvalue weighted by Crippen LogP contribution is -2.33. The Morgan fingerprint density at radius 2 is 1.57 bits per heavy atom. The number of fused-ring (bicyclic) bond motifs is 1. The zero-order valence-corrected chi connectivity index (χ0v) is 17.9. The van der Waals surface area contributed by atoms with Crippen LogP contribution in [0.4, 0.5) is 8.78 Å². The number of halogens is 2. The summed E-state index contributed by atoms with van der Waals surface area (Å²) in [5, 5.41) is 0. The molecule has 158 valence electrons. The molecule has 3 heteroatoms. The largest absolute Gasteiger partial charge is 0.378 e. The Morgan fingerprint density at radius 3 is 2.27 bits per heavy atom. The van der Waals surface area contributed by atoms with Crippen molar-refractivity contribution in [3.05, 3.63) is 70.3 Å². The summed E-state index contributed by atoms with van der Waals surface area (Å²) in [5.41, 5.74) is 2.54. The number of rotatable bonds is 3. The fourth-order valence-corrected chi connectivity index (χ4v) is 5.26. The van der Waals surface area contributed by atoms with E-state index in [1.807, 2.05) is 31.2 Å². The van der Waals surface area contributed by atoms with Gasteiger partial charge in [-0.2, -0.15) is 0 Å². The molecule has 2 saturated carbocycles. The molecule has 4 atom stereocenters. The second-order valence-electron chi connectivity index (χ2n) is 8.90. The van der Waals surface area contributed by atoms with Crippen molar-refractivity contribution in [3.8, 4) is 11.8 Å². The molecule has 0 saturated heterocycles. The van der Waals surface area contributed by atoms with E-state index in [1.54, 1.807) is 0 Å². The molecule has 0 N–H and O–H groups in total. The summed E-state index contributed by atoms with van der Waals surface area (Å²) in [4.78, 5) is 0. The highest BCUT2D eigenvalue weighted by molar-refractivity contribution is 5.46. The van der Waals surface area contributed by atoms with Crippen molar-refractivity contribution in [3.63, 3.8) is 0 Å². The van der Waals surface area contributed by atoms with Gasteiger partial charge in [0.05, 0.1) is 11.7 Å². The fraction of sp³-hybridized carbons (Fsp3) is 0.481. The molecule has 4 rings (SSSR count). The Morgan fingerprint density at radius 1 is 0.900 bits per heavy atom. The topological polar surface area (TPSA) is 9.23 Å². The summed E-state index contributed by atoms with van der Waals surface area (Å²) in [6.45, 7) is 4.83. The van der Waals surface area contributed by atoms with Crippen molar-refractivity contribution in [2.45, 2.75) is 64.4 Å². The summed E-state index contributed by atoms with van der Waals surface area (Å²) < 4.78 is 35.3. The predicted molar refractivity (Wildman–Crippen MR) is 116 cm³/mol. The van der Waals surface area contributed by atoms with E-state index in [1.165, 1.54) is 12.1 Å². The molecule has 30 heavy (non-hydrogen) atoms. The first kappa shape index (κ1) is 21.1. The molecule has 0 radical (unpaired) electrons. The van der Waals surface area contributed by atoms with Crippen LogP contribution in [0.5, 0.6) is 0 Å². The molecule has 0 amide bonds. The molecule has 2 aromatic rings. The standard InChI is InChI=1S/C27H30F2O/c1-3-30-24-12-11-20-14-21(9-10-22(20)15-24)23-16-26(28)25(27(29)17-23)13-8-19-6-4-18(2)5-7-19/h4-7,16-17,20-22,24H,3,9-12,14-15H2,1-2H3. The van der Waals surface area contributed by atoms with Crippen LogP contribution in [-0.2, 0) is 4.74 Å². The highest BCUT2D eigenvalue weighted by Gasteiger charge is 2.36. The Labute approximate surface area is 178 Å². The van der Waals surface area contributed by atoms with Crippen LogP contribution in [0.1, 0.15) is 73.6 Å². The highest BCUT2D eigenvalue weighted by atomic mass is 19.1. The molecule has 0 bridgehead atoms. The van der Waals surface area contributed by atoms with Crippen LogP contribution >= 0.6 is 0 Å². The van der Waals surface area contributed by atoms with E-state index < -0.39 is 11.6 Å². The third kappa shape index (κ3) is 4.76. The Bertz CT molecular complexity index is 915. The quantitative estimate of drug-likeness (QED) is 0.510. The van der Waals surface area contributed by atoms with E-state index in [4.69, 9.17) is 4.74 Å². The molecule has 2 fully saturated rings. The normalized spacial score (nSPS) is 25.9. The third-order valence-corrected chi connectivity index (χ3v) is 6.89. The van der Waals surface area contributed by atoms with Crippen molar-refractivity contribution in [1.29, 1.82) is 0 Å². The molecule has 0 heterocycles. The average molecular weight is 409 g/mol. The van der Waals surface area contributed by atoms with Crippen molar-refractivity contribution >= 4 is 0 Å². The molecule has 2 aliphatic carbocycles. The minimum atomic E-state index is -0.549. The summed E-state index contributed by atoms with van der Waals surface area (Å²) in [5.74, 6) is 6.05. The first-order valence-electron chi connectivity index (χ1n) is 11.2. The van der Waals surface area contributed by atoms with E-state index in [0.29, 0.717) is 17.9 Å². The maximum atomic E-state index is 14.7. The Hall–Kier alpha value is -2.18. The minimum Gasteiger partial charge on any atom is -0.378 e. The van der Waals surface area contributed by atoms with Gasteiger partial charge in [-0.25, -0.2) is 8.78 Å². The van der Waals surface area contributed by atoms with Crippen LogP contribution in [0.3, 0.4) is 0 Å². The number of hydrogen-bond donors (Lipinski definition) is 0. The maximum Gasteiger partial charge on any atom is 0.142 e.